The molecule has 2 heterocycles. The van der Waals surface area contributed by atoms with Crippen molar-refractivity contribution in [2.24, 2.45) is 7.05 Å². The Morgan fingerprint density at radius 2 is 2.05 bits per heavy atom. The molecule has 4 heteroatoms. The number of carbonyl (C=O) groups is 1. The fourth-order valence-corrected chi connectivity index (χ4v) is 3.24. The Bertz CT molecular complexity index is 620. The van der Waals surface area contributed by atoms with Gasteiger partial charge in [-0.2, -0.15) is 0 Å². The van der Waals surface area contributed by atoms with Crippen LogP contribution in [0.3, 0.4) is 0 Å². The third-order valence-corrected chi connectivity index (χ3v) is 4.37. The lowest BCUT2D eigenvalue weighted by atomic mass is 10.1. The summed E-state index contributed by atoms with van der Waals surface area (Å²) in [6.45, 7) is 1.89. The third-order valence-electron chi connectivity index (χ3n) is 4.37. The van der Waals surface area contributed by atoms with E-state index in [9.17, 15) is 4.79 Å². The van der Waals surface area contributed by atoms with Crippen molar-refractivity contribution < 1.29 is 4.79 Å². The van der Waals surface area contributed by atoms with Crippen LogP contribution in [0, 0.1) is 0 Å². The molecule has 1 aromatic carbocycles. The Balaban J connectivity index is 1.54. The topological polar surface area (TPSA) is 37.3 Å². The smallest absolute Gasteiger partial charge is 0.225 e. The minimum atomic E-state index is 0.0868. The van der Waals surface area contributed by atoms with Crippen molar-refractivity contribution >= 4 is 11.6 Å². The third kappa shape index (κ3) is 3.39. The molecule has 1 amide bonds. The summed E-state index contributed by atoms with van der Waals surface area (Å²) in [4.78, 5) is 14.5. The van der Waals surface area contributed by atoms with E-state index < -0.39 is 0 Å². The van der Waals surface area contributed by atoms with Crippen molar-refractivity contribution in [3.05, 3.63) is 54.4 Å². The minimum Gasteiger partial charge on any atom is -0.353 e. The number of aryl methyl sites for hydroxylation is 1. The number of aromatic nitrogens is 1. The van der Waals surface area contributed by atoms with E-state index in [0.29, 0.717) is 12.5 Å². The highest BCUT2D eigenvalue weighted by Gasteiger charge is 2.27. The molecule has 0 radical (unpaired) electrons. The second-order valence-electron chi connectivity index (χ2n) is 5.90. The largest absolute Gasteiger partial charge is 0.353 e. The first-order valence-electron chi connectivity index (χ1n) is 7.94. The maximum absolute atomic E-state index is 12.1. The maximum atomic E-state index is 12.1. The fraction of sp³-hybridized carbons (Fsp3) is 0.389. The van der Waals surface area contributed by atoms with Gasteiger partial charge in [-0.1, -0.05) is 18.2 Å². The number of rotatable bonds is 5. The van der Waals surface area contributed by atoms with E-state index >= 15 is 0 Å². The van der Waals surface area contributed by atoms with Gasteiger partial charge in [0.2, 0.25) is 5.91 Å². The zero-order valence-corrected chi connectivity index (χ0v) is 13.0. The van der Waals surface area contributed by atoms with Gasteiger partial charge < -0.3 is 9.88 Å². The molecule has 0 aliphatic carbocycles. The summed E-state index contributed by atoms with van der Waals surface area (Å²) in [5.41, 5.74) is 2.22. The van der Waals surface area contributed by atoms with Crippen LogP contribution in [-0.4, -0.2) is 28.5 Å². The van der Waals surface area contributed by atoms with E-state index in [2.05, 4.69) is 40.2 Å². The van der Waals surface area contributed by atoms with Crippen molar-refractivity contribution in [2.45, 2.75) is 25.3 Å². The van der Waals surface area contributed by atoms with Crippen LogP contribution in [0.2, 0.25) is 0 Å². The maximum Gasteiger partial charge on any atom is 0.225 e. The molecule has 1 N–H and O–H groups in total. The molecule has 4 nitrogen and oxygen atoms in total. The zero-order chi connectivity index (χ0) is 15.4. The van der Waals surface area contributed by atoms with Crippen LogP contribution >= 0.6 is 0 Å². The number of likely N-dealkylation sites (tertiary alicyclic amines) is 1. The summed E-state index contributed by atoms with van der Waals surface area (Å²) in [5, 5.41) is 2.96. The molecule has 116 valence electrons. The number of hydrogen-bond acceptors (Lipinski definition) is 2. The Labute approximate surface area is 131 Å². The highest BCUT2D eigenvalue weighted by molar-refractivity contribution is 5.90. The van der Waals surface area contributed by atoms with Crippen LogP contribution in [0.5, 0.6) is 0 Å². The van der Waals surface area contributed by atoms with Crippen LogP contribution in [0.4, 0.5) is 5.69 Å². The molecule has 1 aliphatic rings. The second kappa shape index (κ2) is 6.79. The van der Waals surface area contributed by atoms with Gasteiger partial charge in [0.15, 0.2) is 0 Å². The Morgan fingerprint density at radius 1 is 1.23 bits per heavy atom. The first kappa shape index (κ1) is 14.9. The van der Waals surface area contributed by atoms with Crippen LogP contribution in [0.1, 0.15) is 31.0 Å². The molecule has 1 aliphatic heterocycles. The Kier molecular flexibility index (Phi) is 4.59. The molecule has 0 spiro atoms. The van der Waals surface area contributed by atoms with Gasteiger partial charge in [-0.25, -0.2) is 0 Å². The van der Waals surface area contributed by atoms with Gasteiger partial charge >= 0.3 is 0 Å². The number of nitrogens with one attached hydrogen (secondary N) is 1. The zero-order valence-electron chi connectivity index (χ0n) is 13.0. The predicted octanol–water partition coefficient (Wildman–Crippen LogP) is 3.19. The van der Waals surface area contributed by atoms with E-state index in [0.717, 1.165) is 18.8 Å². The standard InChI is InChI=1S/C18H23N3O/c1-20-12-5-9-16(20)17-10-6-13-21(17)14-11-18(22)19-15-7-3-2-4-8-15/h2-5,7-9,12,17H,6,10-11,13-14H2,1H3,(H,19,22). The van der Waals surface area contributed by atoms with Gasteiger partial charge in [-0.3, -0.25) is 9.69 Å². The number of benzene rings is 1. The van der Waals surface area contributed by atoms with Crippen LogP contribution in [0.25, 0.3) is 0 Å². The SMILES string of the molecule is Cn1cccc1C1CCCN1CCC(=O)Nc1ccccc1. The lowest BCUT2D eigenvalue weighted by Gasteiger charge is -2.24. The van der Waals surface area contributed by atoms with Crippen LogP contribution < -0.4 is 5.32 Å². The summed E-state index contributed by atoms with van der Waals surface area (Å²) in [7, 11) is 2.09. The molecule has 0 bridgehead atoms. The molecule has 3 rings (SSSR count). The van der Waals surface area contributed by atoms with Gasteiger partial charge in [-0.15, -0.1) is 0 Å². The molecular weight excluding hydrogens is 274 g/mol. The summed E-state index contributed by atoms with van der Waals surface area (Å²) < 4.78 is 2.19. The van der Waals surface area contributed by atoms with Crippen LogP contribution in [0.15, 0.2) is 48.7 Å². The minimum absolute atomic E-state index is 0.0868. The van der Waals surface area contributed by atoms with Crippen LogP contribution in [-0.2, 0) is 11.8 Å². The van der Waals surface area contributed by atoms with Crippen molar-refractivity contribution in [3.63, 3.8) is 0 Å². The first-order chi connectivity index (χ1) is 10.7. The van der Waals surface area contributed by atoms with E-state index in [1.54, 1.807) is 0 Å². The highest BCUT2D eigenvalue weighted by Crippen LogP contribution is 2.31. The van der Waals surface area contributed by atoms with Crippen molar-refractivity contribution in [2.75, 3.05) is 18.4 Å². The van der Waals surface area contributed by atoms with Gasteiger partial charge in [-0.05, 0) is 43.7 Å². The Hall–Kier alpha value is -2.07. The molecule has 2 aromatic rings. The van der Waals surface area contributed by atoms with Crippen molar-refractivity contribution in [1.29, 1.82) is 0 Å². The molecule has 1 fully saturated rings. The van der Waals surface area contributed by atoms with Crippen molar-refractivity contribution in [1.82, 2.24) is 9.47 Å². The van der Waals surface area contributed by atoms with Gasteiger partial charge in [0.25, 0.3) is 0 Å². The van der Waals surface area contributed by atoms with E-state index in [1.165, 1.54) is 18.5 Å². The first-order valence-corrected chi connectivity index (χ1v) is 7.94. The fourth-order valence-electron chi connectivity index (χ4n) is 3.24. The van der Waals surface area contributed by atoms with Crippen molar-refractivity contribution in [3.8, 4) is 0 Å². The van der Waals surface area contributed by atoms with Gasteiger partial charge in [0.1, 0.15) is 0 Å². The van der Waals surface area contributed by atoms with E-state index in [1.807, 2.05) is 30.3 Å². The number of carbonyl (C=O) groups excluding carboxylic acids is 1. The second-order valence-corrected chi connectivity index (χ2v) is 5.90. The van der Waals surface area contributed by atoms with E-state index in [4.69, 9.17) is 0 Å². The average molecular weight is 297 g/mol. The number of amides is 1. The molecule has 1 aromatic heterocycles. The number of anilines is 1. The molecule has 1 saturated heterocycles. The molecule has 1 atom stereocenters. The Morgan fingerprint density at radius 3 is 2.77 bits per heavy atom. The predicted molar refractivity (Wildman–Crippen MR) is 88.6 cm³/mol. The lowest BCUT2D eigenvalue weighted by molar-refractivity contribution is -0.116. The number of nitrogens with zero attached hydrogens (tertiary/aromatic N) is 2. The quantitative estimate of drug-likeness (QED) is 0.920. The van der Waals surface area contributed by atoms with Gasteiger partial charge in [0, 0.05) is 37.6 Å². The number of hydrogen-bond donors (Lipinski definition) is 1. The van der Waals surface area contributed by atoms with E-state index in [-0.39, 0.29) is 5.91 Å². The number of para-hydroxylation sites is 1. The highest BCUT2D eigenvalue weighted by atomic mass is 16.1. The average Bonchev–Trinajstić information content (AvgIpc) is 3.14. The lowest BCUT2D eigenvalue weighted by Crippen LogP contribution is -2.28. The summed E-state index contributed by atoms with van der Waals surface area (Å²) in [6, 6.07) is 14.4. The summed E-state index contributed by atoms with van der Waals surface area (Å²) >= 11 is 0. The molecule has 22 heavy (non-hydrogen) atoms. The molecule has 1 unspecified atom stereocenters. The van der Waals surface area contributed by atoms with Gasteiger partial charge in [0.05, 0.1) is 6.04 Å². The molecular formula is C18H23N3O. The summed E-state index contributed by atoms with van der Waals surface area (Å²) in [5.74, 6) is 0.0868. The molecule has 0 saturated carbocycles. The monoisotopic (exact) mass is 297 g/mol. The summed E-state index contributed by atoms with van der Waals surface area (Å²) in [6.07, 6.45) is 5.01. The normalized spacial score (nSPS) is 18.5.